The van der Waals surface area contributed by atoms with Gasteiger partial charge in [-0.1, -0.05) is 0 Å². The first-order chi connectivity index (χ1) is 7.34. The fourth-order valence-corrected chi connectivity index (χ4v) is 1.92. The summed E-state index contributed by atoms with van der Waals surface area (Å²) in [6.45, 7) is 2.22. The Kier molecular flexibility index (Phi) is 1.87. The maximum Gasteiger partial charge on any atom is 0.142 e. The van der Waals surface area contributed by atoms with Crippen LogP contribution in [0, 0.1) is 5.92 Å². The van der Waals surface area contributed by atoms with Crippen LogP contribution in [0.2, 0.25) is 0 Å². The molecule has 0 amide bonds. The third-order valence-electron chi connectivity index (χ3n) is 3.05. The van der Waals surface area contributed by atoms with Gasteiger partial charge >= 0.3 is 0 Å². The van der Waals surface area contributed by atoms with Crippen molar-refractivity contribution in [1.29, 1.82) is 0 Å². The van der Waals surface area contributed by atoms with Crippen LogP contribution in [0.25, 0.3) is 11.0 Å². The quantitative estimate of drug-likeness (QED) is 0.802. The molecule has 4 heteroatoms. The maximum absolute atomic E-state index is 4.29. The van der Waals surface area contributed by atoms with Crippen molar-refractivity contribution < 1.29 is 0 Å². The van der Waals surface area contributed by atoms with E-state index in [1.165, 1.54) is 12.8 Å². The summed E-state index contributed by atoms with van der Waals surface area (Å²) in [5.41, 5.74) is 0.899. The summed E-state index contributed by atoms with van der Waals surface area (Å²) in [6.07, 6.45) is 6.18. The lowest BCUT2D eigenvalue weighted by atomic mass is 10.2. The molecule has 0 aliphatic heterocycles. The van der Waals surface area contributed by atoms with E-state index in [0.29, 0.717) is 6.04 Å². The molecule has 15 heavy (non-hydrogen) atoms. The van der Waals surface area contributed by atoms with Crippen LogP contribution in [0.5, 0.6) is 0 Å². The number of fused-ring (bicyclic) bond motifs is 1. The van der Waals surface area contributed by atoms with Gasteiger partial charge in [-0.2, -0.15) is 0 Å². The molecule has 4 nitrogen and oxygen atoms in total. The first kappa shape index (κ1) is 8.71. The molecule has 0 aromatic carbocycles. The molecule has 2 aromatic rings. The minimum atomic E-state index is 0.512. The fraction of sp³-hybridized carbons (Fsp3) is 0.455. The number of hydrogen-bond acceptors (Lipinski definition) is 3. The minimum Gasteiger partial charge on any atom is -0.367 e. The van der Waals surface area contributed by atoms with Gasteiger partial charge in [-0.3, -0.25) is 0 Å². The summed E-state index contributed by atoms with van der Waals surface area (Å²) in [5, 5.41) is 4.54. The van der Waals surface area contributed by atoms with Gasteiger partial charge in [0, 0.05) is 12.2 Å². The highest BCUT2D eigenvalue weighted by atomic mass is 15.1. The Bertz CT molecular complexity index is 472. The summed E-state index contributed by atoms with van der Waals surface area (Å²) < 4.78 is 0. The second-order valence-electron chi connectivity index (χ2n) is 4.23. The largest absolute Gasteiger partial charge is 0.367 e. The number of hydrogen-bond donors (Lipinski definition) is 2. The minimum absolute atomic E-state index is 0.512. The Hall–Kier alpha value is -1.58. The van der Waals surface area contributed by atoms with E-state index in [4.69, 9.17) is 0 Å². The molecule has 78 valence electrons. The predicted molar refractivity (Wildman–Crippen MR) is 59.7 cm³/mol. The van der Waals surface area contributed by atoms with Crippen LogP contribution in [-0.2, 0) is 0 Å². The third-order valence-corrected chi connectivity index (χ3v) is 3.05. The van der Waals surface area contributed by atoms with Crippen LogP contribution in [0.4, 0.5) is 5.82 Å². The highest BCUT2D eigenvalue weighted by Gasteiger charge is 2.28. The molecule has 1 aliphatic carbocycles. The number of nitrogens with zero attached hydrogens (tertiary/aromatic N) is 2. The predicted octanol–water partition coefficient (Wildman–Crippen LogP) is 2.17. The molecule has 0 unspecified atom stereocenters. The molecule has 1 saturated carbocycles. The highest BCUT2D eigenvalue weighted by molar-refractivity contribution is 5.86. The number of H-pyrrole nitrogens is 1. The Morgan fingerprint density at radius 1 is 1.47 bits per heavy atom. The zero-order chi connectivity index (χ0) is 10.3. The van der Waals surface area contributed by atoms with Gasteiger partial charge in [0.25, 0.3) is 0 Å². The van der Waals surface area contributed by atoms with Crippen molar-refractivity contribution >= 4 is 16.9 Å². The summed E-state index contributed by atoms with van der Waals surface area (Å²) in [4.78, 5) is 11.5. The first-order valence-electron chi connectivity index (χ1n) is 5.39. The number of rotatable bonds is 3. The lowest BCUT2D eigenvalue weighted by molar-refractivity contribution is 0.691. The molecule has 0 radical (unpaired) electrons. The molecular weight excluding hydrogens is 188 g/mol. The monoisotopic (exact) mass is 202 g/mol. The van der Waals surface area contributed by atoms with Crippen molar-refractivity contribution in [3.05, 3.63) is 18.6 Å². The summed E-state index contributed by atoms with van der Waals surface area (Å²) in [5.74, 6) is 1.77. The average molecular weight is 202 g/mol. The van der Waals surface area contributed by atoms with E-state index < -0.39 is 0 Å². The summed E-state index contributed by atoms with van der Waals surface area (Å²) in [7, 11) is 0. The second-order valence-corrected chi connectivity index (χ2v) is 4.23. The average Bonchev–Trinajstić information content (AvgIpc) is 2.97. The SMILES string of the molecule is C[C@@H](Nc1ncnc2[nH]ccc12)C1CC1. The first-order valence-corrected chi connectivity index (χ1v) is 5.39. The van der Waals surface area contributed by atoms with Crippen molar-refractivity contribution in [1.82, 2.24) is 15.0 Å². The van der Waals surface area contributed by atoms with E-state index in [1.54, 1.807) is 6.33 Å². The van der Waals surface area contributed by atoms with Gasteiger partial charge in [-0.25, -0.2) is 9.97 Å². The molecule has 3 rings (SSSR count). The van der Waals surface area contributed by atoms with Gasteiger partial charge in [-0.15, -0.1) is 0 Å². The van der Waals surface area contributed by atoms with E-state index in [2.05, 4.69) is 27.2 Å². The van der Waals surface area contributed by atoms with E-state index in [1.807, 2.05) is 12.3 Å². The molecule has 2 aromatic heterocycles. The number of anilines is 1. The molecule has 2 N–H and O–H groups in total. The van der Waals surface area contributed by atoms with Crippen LogP contribution in [0.1, 0.15) is 19.8 Å². The van der Waals surface area contributed by atoms with Gasteiger partial charge in [0.15, 0.2) is 0 Å². The number of nitrogens with one attached hydrogen (secondary N) is 2. The van der Waals surface area contributed by atoms with Gasteiger partial charge in [0.1, 0.15) is 17.8 Å². The molecular formula is C11H14N4. The highest BCUT2D eigenvalue weighted by Crippen LogP contribution is 2.34. The van der Waals surface area contributed by atoms with Crippen LogP contribution < -0.4 is 5.32 Å². The van der Waals surface area contributed by atoms with Crippen molar-refractivity contribution in [3.63, 3.8) is 0 Å². The van der Waals surface area contributed by atoms with E-state index in [-0.39, 0.29) is 0 Å². The molecule has 1 aliphatic rings. The zero-order valence-electron chi connectivity index (χ0n) is 8.70. The Morgan fingerprint density at radius 3 is 3.13 bits per heavy atom. The normalized spacial score (nSPS) is 17.9. The number of aromatic nitrogens is 3. The standard InChI is InChI=1S/C11H14N4/c1-7(8-2-3-8)15-11-9-4-5-12-10(9)13-6-14-11/h4-8H,2-3H2,1H3,(H2,12,13,14,15)/t7-/m1/s1. The number of aromatic amines is 1. The van der Waals surface area contributed by atoms with Crippen LogP contribution in [0.3, 0.4) is 0 Å². The van der Waals surface area contributed by atoms with Gasteiger partial charge in [0.2, 0.25) is 0 Å². The summed E-state index contributed by atoms with van der Waals surface area (Å²) in [6, 6.07) is 2.52. The maximum atomic E-state index is 4.29. The Balaban J connectivity index is 1.92. The fourth-order valence-electron chi connectivity index (χ4n) is 1.92. The van der Waals surface area contributed by atoms with Crippen molar-refractivity contribution in [2.24, 2.45) is 5.92 Å². The van der Waals surface area contributed by atoms with Crippen molar-refractivity contribution in [3.8, 4) is 0 Å². The van der Waals surface area contributed by atoms with E-state index in [0.717, 1.165) is 22.8 Å². The second kappa shape index (κ2) is 3.22. The lowest BCUT2D eigenvalue weighted by Gasteiger charge is -2.13. The molecule has 2 heterocycles. The van der Waals surface area contributed by atoms with Crippen LogP contribution in [-0.4, -0.2) is 21.0 Å². The molecule has 0 spiro atoms. The smallest absolute Gasteiger partial charge is 0.142 e. The lowest BCUT2D eigenvalue weighted by Crippen LogP contribution is -2.18. The topological polar surface area (TPSA) is 53.6 Å². The van der Waals surface area contributed by atoms with Crippen molar-refractivity contribution in [2.75, 3.05) is 5.32 Å². The van der Waals surface area contributed by atoms with Gasteiger partial charge in [-0.05, 0) is 31.7 Å². The molecule has 0 bridgehead atoms. The van der Waals surface area contributed by atoms with Gasteiger partial charge < -0.3 is 10.3 Å². The Morgan fingerprint density at radius 2 is 2.33 bits per heavy atom. The van der Waals surface area contributed by atoms with E-state index in [9.17, 15) is 0 Å². The molecule has 0 saturated heterocycles. The van der Waals surface area contributed by atoms with Crippen LogP contribution in [0.15, 0.2) is 18.6 Å². The molecule has 1 fully saturated rings. The van der Waals surface area contributed by atoms with Crippen molar-refractivity contribution in [2.45, 2.75) is 25.8 Å². The van der Waals surface area contributed by atoms with Gasteiger partial charge in [0.05, 0.1) is 5.39 Å². The van der Waals surface area contributed by atoms with Crippen LogP contribution >= 0.6 is 0 Å². The third kappa shape index (κ3) is 1.56. The zero-order valence-corrected chi connectivity index (χ0v) is 8.70. The summed E-state index contributed by atoms with van der Waals surface area (Å²) >= 11 is 0. The van der Waals surface area contributed by atoms with E-state index >= 15 is 0 Å². The Labute approximate surface area is 88.1 Å². The molecule has 1 atom stereocenters.